The van der Waals surface area contributed by atoms with Gasteiger partial charge in [-0.2, -0.15) is 0 Å². The van der Waals surface area contributed by atoms with Gasteiger partial charge in [-0.1, -0.05) is 15.9 Å². The van der Waals surface area contributed by atoms with Crippen LogP contribution in [0.4, 0.5) is 5.69 Å². The van der Waals surface area contributed by atoms with Crippen molar-refractivity contribution in [1.29, 1.82) is 0 Å². The van der Waals surface area contributed by atoms with Gasteiger partial charge in [0.2, 0.25) is 0 Å². The van der Waals surface area contributed by atoms with Crippen LogP contribution in [0.2, 0.25) is 0 Å². The number of halogens is 1. The molecule has 1 aliphatic heterocycles. The van der Waals surface area contributed by atoms with Crippen LogP contribution in [0.1, 0.15) is 23.2 Å². The molecule has 1 aromatic carbocycles. The highest BCUT2D eigenvalue weighted by atomic mass is 79.9. The smallest absolute Gasteiger partial charge is 0.271 e. The Kier molecular flexibility index (Phi) is 4.92. The summed E-state index contributed by atoms with van der Waals surface area (Å²) in [6, 6.07) is 4.02. The van der Waals surface area contributed by atoms with Crippen molar-refractivity contribution >= 4 is 27.5 Å². The summed E-state index contributed by atoms with van der Waals surface area (Å²) in [4.78, 5) is 22.3. The number of nitro groups is 1. The van der Waals surface area contributed by atoms with Crippen LogP contribution in [0.15, 0.2) is 22.7 Å². The van der Waals surface area contributed by atoms with Gasteiger partial charge in [-0.15, -0.1) is 0 Å². The number of carbonyl (C=O) groups excluding carboxylic acids is 1. The molecule has 1 aliphatic rings. The second-order valence-corrected chi connectivity index (χ2v) is 5.89. The first-order chi connectivity index (χ1) is 9.89. The number of non-ortho nitro benzene ring substituents is 1. The molecule has 1 saturated heterocycles. The fraction of sp³-hybridized carbons (Fsp3) is 0.462. The number of aliphatic hydroxyl groups is 1. The molecule has 8 heteroatoms. The van der Waals surface area contributed by atoms with Crippen molar-refractivity contribution in [1.82, 2.24) is 5.32 Å². The molecule has 0 aliphatic carbocycles. The standard InChI is InChI=1S/C13H15BrN2O5/c14-10-5-9(6-11(7-10)16(19)20)12(17)15-8-13(18)1-3-21-4-2-13/h5-7,18H,1-4,8H2,(H,15,17). The molecule has 0 unspecified atom stereocenters. The number of rotatable bonds is 4. The number of hydrogen-bond acceptors (Lipinski definition) is 5. The third kappa shape index (κ3) is 4.23. The Morgan fingerprint density at radius 3 is 2.71 bits per heavy atom. The Bertz CT molecular complexity index is 557. The van der Waals surface area contributed by atoms with Crippen molar-refractivity contribution in [2.75, 3.05) is 19.8 Å². The van der Waals surface area contributed by atoms with Crippen LogP contribution in [0, 0.1) is 10.1 Å². The SMILES string of the molecule is O=C(NCC1(O)CCOCC1)c1cc(Br)cc([N+](=O)[O-])c1. The summed E-state index contributed by atoms with van der Waals surface area (Å²) in [5, 5.41) is 23.7. The topological polar surface area (TPSA) is 102 Å². The van der Waals surface area contributed by atoms with Gasteiger partial charge < -0.3 is 15.2 Å². The van der Waals surface area contributed by atoms with Crippen molar-refractivity contribution in [3.63, 3.8) is 0 Å². The molecule has 1 amide bonds. The summed E-state index contributed by atoms with van der Waals surface area (Å²) in [6.45, 7) is 0.999. The molecule has 0 radical (unpaired) electrons. The summed E-state index contributed by atoms with van der Waals surface area (Å²) in [5.74, 6) is -0.459. The van der Waals surface area contributed by atoms with Gasteiger partial charge in [0, 0.05) is 54.8 Å². The minimum absolute atomic E-state index is 0.0928. The first-order valence-electron chi connectivity index (χ1n) is 6.43. The molecule has 2 N–H and O–H groups in total. The van der Waals surface area contributed by atoms with E-state index in [1.807, 2.05) is 0 Å². The van der Waals surface area contributed by atoms with Gasteiger partial charge in [0.1, 0.15) is 0 Å². The maximum atomic E-state index is 12.1. The van der Waals surface area contributed by atoms with Gasteiger partial charge in [-0.25, -0.2) is 0 Å². The van der Waals surface area contributed by atoms with E-state index in [1.165, 1.54) is 18.2 Å². The van der Waals surface area contributed by atoms with E-state index in [0.717, 1.165) is 0 Å². The lowest BCUT2D eigenvalue weighted by molar-refractivity contribution is -0.385. The number of nitrogens with zero attached hydrogens (tertiary/aromatic N) is 1. The molecule has 0 spiro atoms. The van der Waals surface area contributed by atoms with Crippen molar-refractivity contribution in [3.05, 3.63) is 38.3 Å². The van der Waals surface area contributed by atoms with E-state index in [9.17, 15) is 20.0 Å². The molecule has 1 heterocycles. The average Bonchev–Trinajstić information content (AvgIpc) is 2.45. The fourth-order valence-corrected chi connectivity index (χ4v) is 2.57. The Morgan fingerprint density at radius 2 is 2.10 bits per heavy atom. The zero-order valence-electron chi connectivity index (χ0n) is 11.2. The maximum Gasteiger partial charge on any atom is 0.271 e. The van der Waals surface area contributed by atoms with E-state index in [-0.39, 0.29) is 17.8 Å². The van der Waals surface area contributed by atoms with Gasteiger partial charge >= 0.3 is 0 Å². The number of nitro benzene ring substituents is 1. The third-order valence-corrected chi connectivity index (χ3v) is 3.81. The molecule has 21 heavy (non-hydrogen) atoms. The molecule has 2 rings (SSSR count). The van der Waals surface area contributed by atoms with Crippen molar-refractivity contribution in [3.8, 4) is 0 Å². The summed E-state index contributed by atoms with van der Waals surface area (Å²) in [6.07, 6.45) is 0.901. The highest BCUT2D eigenvalue weighted by molar-refractivity contribution is 9.10. The van der Waals surface area contributed by atoms with Crippen LogP contribution >= 0.6 is 15.9 Å². The number of amides is 1. The van der Waals surface area contributed by atoms with Gasteiger partial charge in [0.15, 0.2) is 0 Å². The first kappa shape index (κ1) is 15.9. The normalized spacial score (nSPS) is 17.2. The number of carbonyl (C=O) groups is 1. The lowest BCUT2D eigenvalue weighted by Gasteiger charge is -2.32. The number of nitrogens with one attached hydrogen (secondary N) is 1. The van der Waals surface area contributed by atoms with Gasteiger partial charge in [0.25, 0.3) is 11.6 Å². The van der Waals surface area contributed by atoms with Crippen LogP contribution in [0.25, 0.3) is 0 Å². The van der Waals surface area contributed by atoms with Crippen molar-refractivity contribution in [2.24, 2.45) is 0 Å². The largest absolute Gasteiger partial charge is 0.388 e. The van der Waals surface area contributed by atoms with E-state index in [1.54, 1.807) is 0 Å². The number of ether oxygens (including phenoxy) is 1. The number of benzene rings is 1. The molecule has 0 saturated carbocycles. The molecule has 114 valence electrons. The predicted octanol–water partition coefficient (Wildman–Crippen LogP) is 1.63. The van der Waals surface area contributed by atoms with E-state index in [2.05, 4.69) is 21.2 Å². The van der Waals surface area contributed by atoms with Gasteiger partial charge in [-0.05, 0) is 6.07 Å². The van der Waals surface area contributed by atoms with Crippen LogP contribution in [-0.4, -0.2) is 41.3 Å². The molecular formula is C13H15BrN2O5. The van der Waals surface area contributed by atoms with Crippen LogP contribution < -0.4 is 5.32 Å². The lowest BCUT2D eigenvalue weighted by Crippen LogP contribution is -2.46. The first-order valence-corrected chi connectivity index (χ1v) is 7.22. The minimum Gasteiger partial charge on any atom is -0.388 e. The average molecular weight is 359 g/mol. The second kappa shape index (κ2) is 6.50. The van der Waals surface area contributed by atoms with E-state index >= 15 is 0 Å². The van der Waals surface area contributed by atoms with Crippen molar-refractivity contribution in [2.45, 2.75) is 18.4 Å². The van der Waals surface area contributed by atoms with Crippen LogP contribution in [-0.2, 0) is 4.74 Å². The Balaban J connectivity index is 2.04. The number of hydrogen-bond donors (Lipinski definition) is 2. The maximum absolute atomic E-state index is 12.1. The Hall–Kier alpha value is -1.51. The van der Waals surface area contributed by atoms with Gasteiger partial charge in [-0.3, -0.25) is 14.9 Å². The Morgan fingerprint density at radius 1 is 1.43 bits per heavy atom. The summed E-state index contributed by atoms with van der Waals surface area (Å²) < 4.78 is 5.61. The highest BCUT2D eigenvalue weighted by Gasteiger charge is 2.30. The summed E-state index contributed by atoms with van der Waals surface area (Å²) in [7, 11) is 0. The zero-order chi connectivity index (χ0) is 15.5. The van der Waals surface area contributed by atoms with Crippen LogP contribution in [0.5, 0.6) is 0 Å². The molecule has 1 fully saturated rings. The predicted molar refractivity (Wildman–Crippen MR) is 78.1 cm³/mol. The quantitative estimate of drug-likeness (QED) is 0.629. The van der Waals surface area contributed by atoms with E-state index < -0.39 is 16.4 Å². The molecule has 1 aromatic rings. The molecule has 7 nitrogen and oxygen atoms in total. The van der Waals surface area contributed by atoms with E-state index in [0.29, 0.717) is 30.5 Å². The molecule has 0 bridgehead atoms. The lowest BCUT2D eigenvalue weighted by atomic mass is 9.94. The summed E-state index contributed by atoms with van der Waals surface area (Å²) in [5.41, 5.74) is -0.975. The van der Waals surface area contributed by atoms with E-state index in [4.69, 9.17) is 4.74 Å². The third-order valence-electron chi connectivity index (χ3n) is 3.36. The zero-order valence-corrected chi connectivity index (χ0v) is 12.8. The molecular weight excluding hydrogens is 344 g/mol. The molecule has 0 atom stereocenters. The molecule has 0 aromatic heterocycles. The fourth-order valence-electron chi connectivity index (χ4n) is 2.09. The van der Waals surface area contributed by atoms with Crippen LogP contribution in [0.3, 0.4) is 0 Å². The minimum atomic E-state index is -0.980. The summed E-state index contributed by atoms with van der Waals surface area (Å²) >= 11 is 3.14. The second-order valence-electron chi connectivity index (χ2n) is 4.97. The highest BCUT2D eigenvalue weighted by Crippen LogP contribution is 2.22. The van der Waals surface area contributed by atoms with Gasteiger partial charge in [0.05, 0.1) is 10.5 Å². The Labute approximate surface area is 129 Å². The monoisotopic (exact) mass is 358 g/mol. The van der Waals surface area contributed by atoms with Crippen molar-refractivity contribution < 1.29 is 19.6 Å².